The van der Waals surface area contributed by atoms with Crippen LogP contribution in [0.25, 0.3) is 6.08 Å². The maximum atomic E-state index is 5.44. The minimum absolute atomic E-state index is 0.653. The van der Waals surface area contributed by atoms with Gasteiger partial charge in [0.1, 0.15) is 0 Å². The fourth-order valence-electron chi connectivity index (χ4n) is 1.32. The molecule has 0 heterocycles. The first-order chi connectivity index (χ1) is 7.31. The van der Waals surface area contributed by atoms with E-state index in [2.05, 4.69) is 19.1 Å². The van der Waals surface area contributed by atoms with Crippen molar-refractivity contribution in [3.8, 4) is 11.5 Å². The van der Waals surface area contributed by atoms with E-state index in [1.165, 1.54) is 0 Å². The average molecular weight is 206 g/mol. The van der Waals surface area contributed by atoms with E-state index in [9.17, 15) is 0 Å². The highest BCUT2D eigenvalue weighted by atomic mass is 16.5. The van der Waals surface area contributed by atoms with Gasteiger partial charge >= 0.3 is 0 Å². The summed E-state index contributed by atoms with van der Waals surface area (Å²) in [5.74, 6) is 1.59. The van der Waals surface area contributed by atoms with Gasteiger partial charge in [0.2, 0.25) is 0 Å². The molecule has 1 rings (SSSR count). The van der Waals surface area contributed by atoms with Gasteiger partial charge in [0.25, 0.3) is 0 Å². The van der Waals surface area contributed by atoms with E-state index in [1.54, 1.807) is 7.11 Å². The number of hydrogen-bond donors (Lipinski definition) is 0. The van der Waals surface area contributed by atoms with Gasteiger partial charge in [0, 0.05) is 0 Å². The summed E-state index contributed by atoms with van der Waals surface area (Å²) in [5.41, 5.74) is 1.14. The summed E-state index contributed by atoms with van der Waals surface area (Å²) in [6.45, 7) is 4.73. The molecule has 0 aliphatic rings. The summed E-state index contributed by atoms with van der Waals surface area (Å²) in [7, 11) is 1.66. The minimum atomic E-state index is 0.653. The molecule has 0 bridgehead atoms. The lowest BCUT2D eigenvalue weighted by molar-refractivity contribution is 0.311. The van der Waals surface area contributed by atoms with Crippen LogP contribution in [-0.2, 0) is 0 Å². The maximum absolute atomic E-state index is 5.44. The summed E-state index contributed by atoms with van der Waals surface area (Å²) >= 11 is 0. The van der Waals surface area contributed by atoms with E-state index in [0.717, 1.165) is 23.5 Å². The summed E-state index contributed by atoms with van der Waals surface area (Å²) in [5, 5.41) is 0. The van der Waals surface area contributed by atoms with E-state index < -0.39 is 0 Å². The molecule has 0 N–H and O–H groups in total. The highest BCUT2D eigenvalue weighted by molar-refractivity contribution is 5.55. The average Bonchev–Trinajstić information content (AvgIpc) is 2.28. The lowest BCUT2D eigenvalue weighted by atomic mass is 10.2. The Hall–Kier alpha value is -1.44. The maximum Gasteiger partial charge on any atom is 0.161 e. The molecule has 1 aromatic rings. The molecule has 0 amide bonds. The van der Waals surface area contributed by atoms with Crippen LogP contribution < -0.4 is 9.47 Å². The smallest absolute Gasteiger partial charge is 0.161 e. The highest BCUT2D eigenvalue weighted by Crippen LogP contribution is 2.28. The van der Waals surface area contributed by atoms with Crippen LogP contribution in [0.2, 0.25) is 0 Å². The van der Waals surface area contributed by atoms with Crippen molar-refractivity contribution in [1.82, 2.24) is 0 Å². The Bertz CT molecular complexity index is 329. The van der Waals surface area contributed by atoms with Crippen molar-refractivity contribution in [3.63, 3.8) is 0 Å². The topological polar surface area (TPSA) is 18.5 Å². The van der Waals surface area contributed by atoms with Crippen molar-refractivity contribution < 1.29 is 9.47 Å². The highest BCUT2D eigenvalue weighted by Gasteiger charge is 2.03. The van der Waals surface area contributed by atoms with E-state index in [4.69, 9.17) is 9.47 Å². The van der Waals surface area contributed by atoms with Crippen molar-refractivity contribution in [2.45, 2.75) is 20.3 Å². The molecule has 15 heavy (non-hydrogen) atoms. The first kappa shape index (κ1) is 11.6. The van der Waals surface area contributed by atoms with Gasteiger partial charge in [-0.2, -0.15) is 0 Å². The zero-order chi connectivity index (χ0) is 11.1. The summed E-state index contributed by atoms with van der Waals surface area (Å²) in [6.07, 6.45) is 5.24. The molecule has 1 aromatic carbocycles. The SMILES string of the molecule is CC/C=C/c1ccc(OCC)c(OC)c1. The summed E-state index contributed by atoms with van der Waals surface area (Å²) < 4.78 is 10.7. The fourth-order valence-corrected chi connectivity index (χ4v) is 1.32. The molecule has 0 unspecified atom stereocenters. The Morgan fingerprint density at radius 1 is 1.20 bits per heavy atom. The molecule has 0 spiro atoms. The molecule has 0 fully saturated rings. The zero-order valence-corrected chi connectivity index (χ0v) is 9.62. The van der Waals surface area contributed by atoms with Gasteiger partial charge in [-0.25, -0.2) is 0 Å². The normalized spacial score (nSPS) is 10.6. The lowest BCUT2D eigenvalue weighted by Gasteiger charge is -2.09. The van der Waals surface area contributed by atoms with Crippen molar-refractivity contribution in [3.05, 3.63) is 29.8 Å². The molecule has 0 atom stereocenters. The molecule has 0 radical (unpaired) electrons. The molecule has 0 saturated carbocycles. The molecule has 0 aliphatic heterocycles. The molecule has 0 aromatic heterocycles. The number of benzene rings is 1. The summed E-state index contributed by atoms with van der Waals surface area (Å²) in [4.78, 5) is 0. The second kappa shape index (κ2) is 6.12. The Labute approximate surface area is 91.5 Å². The predicted octanol–water partition coefficient (Wildman–Crippen LogP) is 3.52. The third-order valence-electron chi connectivity index (χ3n) is 2.03. The zero-order valence-electron chi connectivity index (χ0n) is 9.62. The number of ether oxygens (including phenoxy) is 2. The minimum Gasteiger partial charge on any atom is -0.493 e. The van der Waals surface area contributed by atoms with Crippen LogP contribution in [0.4, 0.5) is 0 Å². The Balaban J connectivity index is 2.91. The van der Waals surface area contributed by atoms with Crippen LogP contribution in [-0.4, -0.2) is 13.7 Å². The molecule has 0 saturated heterocycles. The third-order valence-corrected chi connectivity index (χ3v) is 2.03. The fraction of sp³-hybridized carbons (Fsp3) is 0.385. The van der Waals surface area contributed by atoms with E-state index in [0.29, 0.717) is 6.61 Å². The largest absolute Gasteiger partial charge is 0.493 e. The van der Waals surface area contributed by atoms with Crippen molar-refractivity contribution in [2.24, 2.45) is 0 Å². The quantitative estimate of drug-likeness (QED) is 0.734. The Morgan fingerprint density at radius 3 is 2.60 bits per heavy atom. The first-order valence-electron chi connectivity index (χ1n) is 5.29. The van der Waals surface area contributed by atoms with Crippen LogP contribution in [0.5, 0.6) is 11.5 Å². The van der Waals surface area contributed by atoms with Crippen molar-refractivity contribution in [1.29, 1.82) is 0 Å². The molecule has 2 nitrogen and oxygen atoms in total. The number of rotatable bonds is 5. The van der Waals surface area contributed by atoms with E-state index in [1.807, 2.05) is 25.1 Å². The standard InChI is InChI=1S/C13H18O2/c1-4-6-7-11-8-9-12(15-5-2)13(10-11)14-3/h6-10H,4-5H2,1-3H3/b7-6+. The first-order valence-corrected chi connectivity index (χ1v) is 5.29. The third kappa shape index (κ3) is 3.31. The molecule has 82 valence electrons. The van der Waals surface area contributed by atoms with Gasteiger partial charge in [-0.05, 0) is 31.0 Å². The number of allylic oxidation sites excluding steroid dienone is 1. The van der Waals surface area contributed by atoms with Gasteiger partial charge in [0.05, 0.1) is 13.7 Å². The van der Waals surface area contributed by atoms with Gasteiger partial charge in [0.15, 0.2) is 11.5 Å². The number of methoxy groups -OCH3 is 1. The van der Waals surface area contributed by atoms with Gasteiger partial charge in [-0.3, -0.25) is 0 Å². The van der Waals surface area contributed by atoms with Crippen LogP contribution in [0, 0.1) is 0 Å². The predicted molar refractivity (Wildman–Crippen MR) is 63.5 cm³/mol. The van der Waals surface area contributed by atoms with Gasteiger partial charge < -0.3 is 9.47 Å². The van der Waals surface area contributed by atoms with Crippen LogP contribution in [0.15, 0.2) is 24.3 Å². The second-order valence-electron chi connectivity index (χ2n) is 3.15. The van der Waals surface area contributed by atoms with Crippen LogP contribution in [0.1, 0.15) is 25.8 Å². The molecule has 2 heteroatoms. The molecular formula is C13H18O2. The van der Waals surface area contributed by atoms with Crippen LogP contribution in [0.3, 0.4) is 0 Å². The van der Waals surface area contributed by atoms with Gasteiger partial charge in [-0.15, -0.1) is 0 Å². The Kier molecular flexibility index (Phi) is 4.75. The van der Waals surface area contributed by atoms with Gasteiger partial charge in [-0.1, -0.05) is 25.1 Å². The van der Waals surface area contributed by atoms with E-state index >= 15 is 0 Å². The van der Waals surface area contributed by atoms with Crippen LogP contribution >= 0.6 is 0 Å². The molecular weight excluding hydrogens is 188 g/mol. The molecule has 0 aliphatic carbocycles. The Morgan fingerprint density at radius 2 is 2.00 bits per heavy atom. The lowest BCUT2D eigenvalue weighted by Crippen LogP contribution is -1.95. The summed E-state index contributed by atoms with van der Waals surface area (Å²) in [6, 6.07) is 5.95. The number of hydrogen-bond acceptors (Lipinski definition) is 2. The monoisotopic (exact) mass is 206 g/mol. The van der Waals surface area contributed by atoms with Crippen molar-refractivity contribution in [2.75, 3.05) is 13.7 Å². The van der Waals surface area contributed by atoms with Crippen molar-refractivity contribution >= 4 is 6.08 Å². The van der Waals surface area contributed by atoms with E-state index in [-0.39, 0.29) is 0 Å². The second-order valence-corrected chi connectivity index (χ2v) is 3.15.